The highest BCUT2D eigenvalue weighted by Gasteiger charge is 2.25. The molecule has 0 fully saturated rings. The van der Waals surface area contributed by atoms with Gasteiger partial charge in [0.25, 0.3) is 5.91 Å². The Bertz CT molecular complexity index is 1190. The van der Waals surface area contributed by atoms with E-state index in [4.69, 9.17) is 4.42 Å². The van der Waals surface area contributed by atoms with Gasteiger partial charge in [-0.05, 0) is 50.5 Å². The molecule has 3 aromatic rings. The topological polar surface area (TPSA) is 79.6 Å². The number of rotatable bonds is 11. The van der Waals surface area contributed by atoms with E-state index in [-0.39, 0.29) is 16.6 Å². The molecule has 0 saturated heterocycles. The second kappa shape index (κ2) is 11.0. The Balaban J connectivity index is 1.84. The van der Waals surface area contributed by atoms with Gasteiger partial charge < -0.3 is 9.73 Å². The second-order valence-corrected chi connectivity index (χ2v) is 10.4. The summed E-state index contributed by atoms with van der Waals surface area (Å²) >= 11 is 0. The van der Waals surface area contributed by atoms with Gasteiger partial charge in [0, 0.05) is 30.6 Å². The molecule has 3 rings (SSSR count). The number of carbonyl (C=O) groups excluding carboxylic acids is 1. The van der Waals surface area contributed by atoms with Gasteiger partial charge in [0.15, 0.2) is 5.76 Å². The van der Waals surface area contributed by atoms with Crippen molar-refractivity contribution in [3.8, 4) is 0 Å². The molecule has 0 aliphatic carbocycles. The highest BCUT2D eigenvalue weighted by Crippen LogP contribution is 2.29. The van der Waals surface area contributed by atoms with E-state index < -0.39 is 10.0 Å². The van der Waals surface area contributed by atoms with Gasteiger partial charge in [-0.15, -0.1) is 0 Å². The third-order valence-corrected chi connectivity index (χ3v) is 7.74. The number of nitrogens with zero attached hydrogens (tertiary/aromatic N) is 1. The molecule has 0 radical (unpaired) electrons. The van der Waals surface area contributed by atoms with Gasteiger partial charge in [0.2, 0.25) is 10.0 Å². The van der Waals surface area contributed by atoms with Crippen LogP contribution in [0.5, 0.6) is 0 Å². The summed E-state index contributed by atoms with van der Waals surface area (Å²) in [5.41, 5.74) is 3.29. The van der Waals surface area contributed by atoms with Gasteiger partial charge in [-0.2, -0.15) is 4.31 Å². The summed E-state index contributed by atoms with van der Waals surface area (Å²) in [6.45, 7) is 9.31. The molecule has 2 aromatic carbocycles. The first-order valence-electron chi connectivity index (χ1n) is 11.6. The summed E-state index contributed by atoms with van der Waals surface area (Å²) in [5, 5.41) is 3.53. The molecule has 0 saturated carbocycles. The molecule has 33 heavy (non-hydrogen) atoms. The van der Waals surface area contributed by atoms with Crippen molar-refractivity contribution < 1.29 is 17.6 Å². The van der Waals surface area contributed by atoms with Crippen LogP contribution < -0.4 is 5.32 Å². The lowest BCUT2D eigenvalue weighted by atomic mass is 10.1. The zero-order chi connectivity index (χ0) is 24.0. The molecule has 0 aliphatic rings. The third kappa shape index (κ3) is 5.84. The van der Waals surface area contributed by atoms with Crippen molar-refractivity contribution in [2.24, 2.45) is 0 Å². The van der Waals surface area contributed by atoms with Gasteiger partial charge >= 0.3 is 0 Å². The Hall–Kier alpha value is -2.64. The summed E-state index contributed by atoms with van der Waals surface area (Å²) in [6.07, 6.45) is 3.50. The first-order chi connectivity index (χ1) is 15.8. The van der Waals surface area contributed by atoms with Gasteiger partial charge in [-0.1, -0.05) is 56.5 Å². The van der Waals surface area contributed by atoms with Crippen molar-refractivity contribution in [3.05, 3.63) is 64.9 Å². The van der Waals surface area contributed by atoms with Crippen molar-refractivity contribution >= 4 is 26.9 Å². The van der Waals surface area contributed by atoms with E-state index in [0.29, 0.717) is 36.2 Å². The first-order valence-corrected chi connectivity index (χ1v) is 13.1. The number of benzene rings is 2. The lowest BCUT2D eigenvalue weighted by molar-refractivity contribution is 0.0924. The quantitative estimate of drug-likeness (QED) is 0.397. The van der Waals surface area contributed by atoms with E-state index in [1.807, 2.05) is 31.2 Å². The maximum Gasteiger partial charge on any atom is 0.287 e. The van der Waals surface area contributed by atoms with Crippen LogP contribution in [0.15, 0.2) is 51.8 Å². The average molecular weight is 471 g/mol. The molecule has 1 heterocycles. The van der Waals surface area contributed by atoms with E-state index in [1.54, 1.807) is 29.4 Å². The van der Waals surface area contributed by atoms with Crippen LogP contribution in [0, 0.1) is 13.8 Å². The van der Waals surface area contributed by atoms with E-state index in [1.165, 1.54) is 0 Å². The Morgan fingerprint density at radius 1 is 0.970 bits per heavy atom. The lowest BCUT2D eigenvalue weighted by Gasteiger charge is -2.22. The minimum absolute atomic E-state index is 0.209. The summed E-state index contributed by atoms with van der Waals surface area (Å²) < 4.78 is 34.1. The molecular weight excluding hydrogens is 436 g/mol. The number of nitrogens with one attached hydrogen (secondary N) is 1. The Labute approximate surface area is 197 Å². The maximum atomic E-state index is 13.3. The number of sulfonamides is 1. The number of hydrogen-bond donors (Lipinski definition) is 1. The average Bonchev–Trinajstić information content (AvgIpc) is 3.14. The fraction of sp³-hybridized carbons (Fsp3) is 0.423. The van der Waals surface area contributed by atoms with Crippen molar-refractivity contribution in [2.75, 3.05) is 13.1 Å². The van der Waals surface area contributed by atoms with Crippen LogP contribution in [0.1, 0.15) is 66.8 Å². The Kier molecular flexibility index (Phi) is 8.32. The smallest absolute Gasteiger partial charge is 0.287 e. The third-order valence-electron chi connectivity index (χ3n) is 5.85. The molecule has 1 amide bonds. The normalized spacial score (nSPS) is 11.9. The van der Waals surface area contributed by atoms with Crippen molar-refractivity contribution in [1.29, 1.82) is 0 Å². The molecule has 0 bridgehead atoms. The number of hydrogen-bond acceptors (Lipinski definition) is 4. The SMILES string of the molecule is CCCCN(CCCC)S(=O)(=O)c1ccc2oc(C(=O)NCc3ccc(C)cc3)c(C)c2c1. The van der Waals surface area contributed by atoms with E-state index in [2.05, 4.69) is 19.2 Å². The highest BCUT2D eigenvalue weighted by atomic mass is 32.2. The van der Waals surface area contributed by atoms with Crippen LogP contribution in [0.4, 0.5) is 0 Å². The van der Waals surface area contributed by atoms with Gasteiger partial charge in [-0.25, -0.2) is 8.42 Å². The van der Waals surface area contributed by atoms with Gasteiger partial charge in [0.05, 0.1) is 4.90 Å². The molecule has 0 unspecified atom stereocenters. The summed E-state index contributed by atoms with van der Waals surface area (Å²) in [6, 6.07) is 12.8. The van der Waals surface area contributed by atoms with Crippen LogP contribution in [0.3, 0.4) is 0 Å². The molecule has 178 valence electrons. The molecule has 0 spiro atoms. The van der Waals surface area contributed by atoms with Crippen LogP contribution in [0.25, 0.3) is 11.0 Å². The maximum absolute atomic E-state index is 13.3. The number of furan rings is 1. The summed E-state index contributed by atoms with van der Waals surface area (Å²) in [5.74, 6) is -0.110. The van der Waals surface area contributed by atoms with E-state index in [0.717, 1.165) is 36.8 Å². The fourth-order valence-corrected chi connectivity index (χ4v) is 5.26. The first kappa shape index (κ1) is 25.0. The molecule has 1 N–H and O–H groups in total. The van der Waals surface area contributed by atoms with E-state index >= 15 is 0 Å². The molecule has 0 aliphatic heterocycles. The van der Waals surface area contributed by atoms with Crippen LogP contribution in [0.2, 0.25) is 0 Å². The number of unbranched alkanes of at least 4 members (excludes halogenated alkanes) is 2. The minimum Gasteiger partial charge on any atom is -0.451 e. The standard InChI is InChI=1S/C26H34N2O4S/c1-5-7-15-28(16-8-6-2)33(30,31)22-13-14-24-23(17-22)20(4)25(32-24)26(29)27-18-21-11-9-19(3)10-12-21/h9-14,17H,5-8,15-16,18H2,1-4H3,(H,27,29). The summed E-state index contributed by atoms with van der Waals surface area (Å²) in [4.78, 5) is 13.0. The molecule has 0 atom stereocenters. The second-order valence-electron chi connectivity index (χ2n) is 8.49. The summed E-state index contributed by atoms with van der Waals surface area (Å²) in [7, 11) is -3.62. The van der Waals surface area contributed by atoms with Gasteiger partial charge in [-0.3, -0.25) is 4.79 Å². The predicted molar refractivity (Wildman–Crippen MR) is 132 cm³/mol. The largest absolute Gasteiger partial charge is 0.451 e. The van der Waals surface area contributed by atoms with Crippen molar-refractivity contribution in [2.45, 2.75) is 64.8 Å². The zero-order valence-corrected chi connectivity index (χ0v) is 20.8. The zero-order valence-electron chi connectivity index (χ0n) is 20.0. The van der Waals surface area contributed by atoms with Crippen molar-refractivity contribution in [3.63, 3.8) is 0 Å². The molecule has 6 nitrogen and oxygen atoms in total. The number of aryl methyl sites for hydroxylation is 2. The minimum atomic E-state index is -3.62. The Morgan fingerprint density at radius 3 is 2.21 bits per heavy atom. The fourth-order valence-electron chi connectivity index (χ4n) is 3.72. The van der Waals surface area contributed by atoms with Gasteiger partial charge in [0.1, 0.15) is 5.58 Å². The Morgan fingerprint density at radius 2 is 1.61 bits per heavy atom. The monoisotopic (exact) mass is 470 g/mol. The number of fused-ring (bicyclic) bond motifs is 1. The van der Waals surface area contributed by atoms with Crippen LogP contribution in [-0.4, -0.2) is 31.7 Å². The molecule has 1 aromatic heterocycles. The van der Waals surface area contributed by atoms with Crippen LogP contribution >= 0.6 is 0 Å². The number of carbonyl (C=O) groups is 1. The highest BCUT2D eigenvalue weighted by molar-refractivity contribution is 7.89. The van der Waals surface area contributed by atoms with Crippen LogP contribution in [-0.2, 0) is 16.6 Å². The van der Waals surface area contributed by atoms with Crippen molar-refractivity contribution in [1.82, 2.24) is 9.62 Å². The lowest BCUT2D eigenvalue weighted by Crippen LogP contribution is -2.33. The molecular formula is C26H34N2O4S. The van der Waals surface area contributed by atoms with E-state index in [9.17, 15) is 13.2 Å². The predicted octanol–water partition coefficient (Wildman–Crippen LogP) is 5.57. The molecule has 7 heteroatoms. The number of amides is 1.